The summed E-state index contributed by atoms with van der Waals surface area (Å²) < 4.78 is 5.50. The normalized spacial score (nSPS) is 10.6. The molecular formula is C12H15N3O2. The Morgan fingerprint density at radius 3 is 2.76 bits per heavy atom. The van der Waals surface area contributed by atoms with E-state index in [2.05, 4.69) is 15.5 Å². The fourth-order valence-corrected chi connectivity index (χ4v) is 1.42. The summed E-state index contributed by atoms with van der Waals surface area (Å²) in [4.78, 5) is 0. The van der Waals surface area contributed by atoms with Gasteiger partial charge in [-0.25, -0.2) is 0 Å². The van der Waals surface area contributed by atoms with Crippen molar-refractivity contribution in [2.45, 2.75) is 13.0 Å². The average molecular weight is 233 g/mol. The van der Waals surface area contributed by atoms with Crippen LogP contribution < -0.4 is 5.32 Å². The molecule has 0 aliphatic carbocycles. The maximum Gasteiger partial charge on any atom is 0.247 e. The van der Waals surface area contributed by atoms with Crippen molar-refractivity contribution in [3.63, 3.8) is 0 Å². The van der Waals surface area contributed by atoms with E-state index in [-0.39, 0.29) is 6.61 Å². The number of aromatic nitrogens is 2. The van der Waals surface area contributed by atoms with E-state index in [1.807, 2.05) is 30.3 Å². The van der Waals surface area contributed by atoms with E-state index in [0.29, 0.717) is 18.3 Å². The molecule has 0 saturated carbocycles. The van der Waals surface area contributed by atoms with Gasteiger partial charge in [0, 0.05) is 12.2 Å². The first kappa shape index (κ1) is 11.8. The van der Waals surface area contributed by atoms with E-state index < -0.39 is 0 Å². The summed E-state index contributed by atoms with van der Waals surface area (Å²) in [7, 11) is 0. The molecule has 1 aromatic heterocycles. The van der Waals surface area contributed by atoms with Crippen molar-refractivity contribution in [1.29, 1.82) is 0 Å². The third-order valence-corrected chi connectivity index (χ3v) is 2.28. The zero-order valence-corrected chi connectivity index (χ0v) is 9.47. The molecule has 5 nitrogen and oxygen atoms in total. The molecule has 0 aliphatic rings. The van der Waals surface area contributed by atoms with Gasteiger partial charge in [-0.1, -0.05) is 18.2 Å². The van der Waals surface area contributed by atoms with Gasteiger partial charge < -0.3 is 14.8 Å². The lowest BCUT2D eigenvalue weighted by molar-refractivity contribution is 0.285. The Labute approximate surface area is 99.5 Å². The third-order valence-electron chi connectivity index (χ3n) is 2.28. The van der Waals surface area contributed by atoms with E-state index in [1.165, 1.54) is 0 Å². The molecule has 0 atom stereocenters. The van der Waals surface area contributed by atoms with Crippen LogP contribution in [0.4, 0.5) is 0 Å². The lowest BCUT2D eigenvalue weighted by atomic mass is 10.2. The molecule has 0 unspecified atom stereocenters. The molecule has 2 rings (SSSR count). The Morgan fingerprint density at radius 2 is 2.00 bits per heavy atom. The van der Waals surface area contributed by atoms with Crippen LogP contribution in [-0.2, 0) is 6.54 Å². The molecule has 0 fully saturated rings. The Hall–Kier alpha value is -1.72. The van der Waals surface area contributed by atoms with Crippen LogP contribution >= 0.6 is 0 Å². The molecule has 0 bridgehead atoms. The topological polar surface area (TPSA) is 71.2 Å². The standard InChI is InChI=1S/C12H15N3O2/c16-8-4-7-13-9-11-14-15-12(17-11)10-5-2-1-3-6-10/h1-3,5-6,13,16H,4,7-9H2. The summed E-state index contributed by atoms with van der Waals surface area (Å²) >= 11 is 0. The molecule has 0 radical (unpaired) electrons. The highest BCUT2D eigenvalue weighted by Crippen LogP contribution is 2.16. The van der Waals surface area contributed by atoms with Crippen molar-refractivity contribution in [3.05, 3.63) is 36.2 Å². The number of nitrogens with one attached hydrogen (secondary N) is 1. The van der Waals surface area contributed by atoms with E-state index in [1.54, 1.807) is 0 Å². The van der Waals surface area contributed by atoms with Crippen LogP contribution in [0.1, 0.15) is 12.3 Å². The third kappa shape index (κ3) is 3.37. The van der Waals surface area contributed by atoms with E-state index in [4.69, 9.17) is 9.52 Å². The predicted molar refractivity (Wildman–Crippen MR) is 63.1 cm³/mol. The molecule has 1 heterocycles. The first-order chi connectivity index (χ1) is 8.40. The van der Waals surface area contributed by atoms with Gasteiger partial charge in [0.05, 0.1) is 6.54 Å². The molecule has 0 spiro atoms. The lowest BCUT2D eigenvalue weighted by Crippen LogP contribution is -2.15. The van der Waals surface area contributed by atoms with E-state index in [0.717, 1.165) is 18.5 Å². The molecule has 0 saturated heterocycles. The summed E-state index contributed by atoms with van der Waals surface area (Å²) in [6.45, 7) is 1.45. The number of aliphatic hydroxyl groups is 1. The number of hydrogen-bond donors (Lipinski definition) is 2. The van der Waals surface area contributed by atoms with Crippen LogP contribution in [0.2, 0.25) is 0 Å². The van der Waals surface area contributed by atoms with Gasteiger partial charge in [-0.15, -0.1) is 10.2 Å². The van der Waals surface area contributed by atoms with Crippen LogP contribution in [0.5, 0.6) is 0 Å². The van der Waals surface area contributed by atoms with Gasteiger partial charge in [0.25, 0.3) is 0 Å². The monoisotopic (exact) mass is 233 g/mol. The SMILES string of the molecule is OCCCNCc1nnc(-c2ccccc2)o1. The molecule has 1 aromatic carbocycles. The van der Waals surface area contributed by atoms with Gasteiger partial charge in [-0.05, 0) is 25.1 Å². The van der Waals surface area contributed by atoms with Crippen LogP contribution in [0, 0.1) is 0 Å². The lowest BCUT2D eigenvalue weighted by Gasteiger charge is -1.98. The first-order valence-electron chi connectivity index (χ1n) is 5.59. The van der Waals surface area contributed by atoms with Crippen LogP contribution in [0.25, 0.3) is 11.5 Å². The zero-order valence-electron chi connectivity index (χ0n) is 9.47. The fourth-order valence-electron chi connectivity index (χ4n) is 1.42. The predicted octanol–water partition coefficient (Wildman–Crippen LogP) is 1.21. The number of nitrogens with zero attached hydrogens (tertiary/aromatic N) is 2. The number of hydrogen-bond acceptors (Lipinski definition) is 5. The molecule has 17 heavy (non-hydrogen) atoms. The second-order valence-corrected chi connectivity index (χ2v) is 3.62. The largest absolute Gasteiger partial charge is 0.419 e. The fraction of sp³-hybridized carbons (Fsp3) is 0.333. The van der Waals surface area contributed by atoms with Crippen LogP contribution in [0.15, 0.2) is 34.7 Å². The van der Waals surface area contributed by atoms with Gasteiger partial charge in [0.15, 0.2) is 0 Å². The molecule has 0 aliphatic heterocycles. The van der Waals surface area contributed by atoms with Crippen molar-refractivity contribution >= 4 is 0 Å². The Kier molecular flexibility index (Phi) is 4.23. The highest BCUT2D eigenvalue weighted by molar-refractivity contribution is 5.51. The van der Waals surface area contributed by atoms with Gasteiger partial charge in [-0.2, -0.15) is 0 Å². The van der Waals surface area contributed by atoms with E-state index in [9.17, 15) is 0 Å². The first-order valence-corrected chi connectivity index (χ1v) is 5.59. The summed E-state index contributed by atoms with van der Waals surface area (Å²) in [6.07, 6.45) is 0.722. The van der Waals surface area contributed by atoms with Crippen molar-refractivity contribution in [2.24, 2.45) is 0 Å². The maximum absolute atomic E-state index is 8.62. The summed E-state index contributed by atoms with van der Waals surface area (Å²) in [6, 6.07) is 9.65. The van der Waals surface area contributed by atoms with E-state index >= 15 is 0 Å². The minimum Gasteiger partial charge on any atom is -0.419 e. The highest BCUT2D eigenvalue weighted by Gasteiger charge is 2.06. The van der Waals surface area contributed by atoms with Crippen molar-refractivity contribution < 1.29 is 9.52 Å². The molecule has 5 heteroatoms. The minimum atomic E-state index is 0.187. The molecule has 2 N–H and O–H groups in total. The second-order valence-electron chi connectivity index (χ2n) is 3.62. The summed E-state index contributed by atoms with van der Waals surface area (Å²) in [5.41, 5.74) is 0.918. The number of rotatable bonds is 6. The Balaban J connectivity index is 1.92. The minimum absolute atomic E-state index is 0.187. The Morgan fingerprint density at radius 1 is 1.18 bits per heavy atom. The zero-order chi connectivity index (χ0) is 11.9. The summed E-state index contributed by atoms with van der Waals surface area (Å²) in [5, 5.41) is 19.7. The van der Waals surface area contributed by atoms with Crippen molar-refractivity contribution in [2.75, 3.05) is 13.2 Å². The Bertz CT molecular complexity index is 442. The van der Waals surface area contributed by atoms with Gasteiger partial charge in [0.1, 0.15) is 0 Å². The molecule has 90 valence electrons. The molecular weight excluding hydrogens is 218 g/mol. The smallest absolute Gasteiger partial charge is 0.247 e. The highest BCUT2D eigenvalue weighted by atomic mass is 16.4. The number of benzene rings is 1. The maximum atomic E-state index is 8.62. The van der Waals surface area contributed by atoms with Gasteiger partial charge in [0.2, 0.25) is 11.8 Å². The molecule has 0 amide bonds. The average Bonchev–Trinajstić information content (AvgIpc) is 2.85. The van der Waals surface area contributed by atoms with Crippen LogP contribution in [-0.4, -0.2) is 28.5 Å². The molecule has 2 aromatic rings. The van der Waals surface area contributed by atoms with Crippen molar-refractivity contribution in [3.8, 4) is 11.5 Å². The van der Waals surface area contributed by atoms with Crippen LogP contribution in [0.3, 0.4) is 0 Å². The summed E-state index contributed by atoms with van der Waals surface area (Å²) in [5.74, 6) is 1.09. The number of aliphatic hydroxyl groups excluding tert-OH is 1. The van der Waals surface area contributed by atoms with Crippen molar-refractivity contribution in [1.82, 2.24) is 15.5 Å². The van der Waals surface area contributed by atoms with Gasteiger partial charge in [-0.3, -0.25) is 0 Å². The van der Waals surface area contributed by atoms with Gasteiger partial charge >= 0.3 is 0 Å². The second kappa shape index (κ2) is 6.12. The quantitative estimate of drug-likeness (QED) is 0.734.